The van der Waals surface area contributed by atoms with Gasteiger partial charge in [-0.1, -0.05) is 20.8 Å². The molecule has 80 valence electrons. The number of hydrogen-bond donors (Lipinski definition) is 0. The quantitative estimate of drug-likeness (QED) is 0.558. The molecule has 3 atom stereocenters. The van der Waals surface area contributed by atoms with Crippen LogP contribution >= 0.6 is 0 Å². The molecular weight excluding hydrogens is 158 g/mol. The van der Waals surface area contributed by atoms with Gasteiger partial charge in [-0.2, -0.15) is 0 Å². The van der Waals surface area contributed by atoms with Crippen LogP contribution in [0.1, 0.15) is 47.5 Å². The molecule has 13 heavy (non-hydrogen) atoms. The first kappa shape index (κ1) is 13.0. The molecule has 0 bridgehead atoms. The van der Waals surface area contributed by atoms with Gasteiger partial charge in [0.25, 0.3) is 0 Å². The highest BCUT2D eigenvalue weighted by Gasteiger charge is 2.27. The van der Waals surface area contributed by atoms with Crippen molar-refractivity contribution < 1.29 is 4.48 Å². The molecule has 0 N–H and O–H groups in total. The van der Waals surface area contributed by atoms with Crippen LogP contribution in [0.4, 0.5) is 0 Å². The van der Waals surface area contributed by atoms with E-state index in [1.807, 2.05) is 0 Å². The molecule has 3 unspecified atom stereocenters. The molecule has 0 aromatic heterocycles. The van der Waals surface area contributed by atoms with Crippen molar-refractivity contribution in [2.75, 3.05) is 20.1 Å². The monoisotopic (exact) mass is 186 g/mol. The molecule has 0 fully saturated rings. The molecule has 0 aliphatic carbocycles. The molecule has 0 aromatic carbocycles. The maximum absolute atomic E-state index is 2.40. The Labute approximate surface area is 84.7 Å². The Morgan fingerprint density at radius 3 is 1.85 bits per heavy atom. The third kappa shape index (κ3) is 3.68. The highest BCUT2D eigenvalue weighted by atomic mass is 15.3. The lowest BCUT2D eigenvalue weighted by molar-refractivity contribution is -0.933. The van der Waals surface area contributed by atoms with Crippen molar-refractivity contribution in [3.8, 4) is 0 Å². The minimum absolute atomic E-state index is 0.805. The number of rotatable bonds is 6. The van der Waals surface area contributed by atoms with E-state index in [4.69, 9.17) is 0 Å². The lowest BCUT2D eigenvalue weighted by atomic mass is 10.0. The second kappa shape index (κ2) is 5.64. The van der Waals surface area contributed by atoms with Gasteiger partial charge in [-0.3, -0.25) is 0 Å². The Morgan fingerprint density at radius 2 is 1.54 bits per heavy atom. The van der Waals surface area contributed by atoms with E-state index in [9.17, 15) is 0 Å². The molecule has 1 nitrogen and oxygen atoms in total. The number of quaternary nitrogens is 1. The molecule has 0 radical (unpaired) electrons. The van der Waals surface area contributed by atoms with E-state index in [2.05, 4.69) is 41.7 Å². The molecule has 0 saturated heterocycles. The van der Waals surface area contributed by atoms with Crippen molar-refractivity contribution in [1.82, 2.24) is 0 Å². The fraction of sp³-hybridized carbons (Fsp3) is 1.00. The first-order chi connectivity index (χ1) is 6.00. The van der Waals surface area contributed by atoms with E-state index in [-0.39, 0.29) is 0 Å². The van der Waals surface area contributed by atoms with E-state index in [1.165, 1.54) is 30.4 Å². The molecule has 0 amide bonds. The standard InChI is InChI=1S/C12H28N/c1-7-11(4)10-13(6,9-3)12(5)8-2/h11-12H,7-10H2,1-6H3/q+1. The van der Waals surface area contributed by atoms with Crippen LogP contribution in [0.25, 0.3) is 0 Å². The van der Waals surface area contributed by atoms with Crippen molar-refractivity contribution in [2.24, 2.45) is 5.92 Å². The van der Waals surface area contributed by atoms with E-state index in [0.717, 1.165) is 12.0 Å². The van der Waals surface area contributed by atoms with Crippen molar-refractivity contribution in [3.63, 3.8) is 0 Å². The Bertz CT molecular complexity index is 133. The number of nitrogens with zero attached hydrogens (tertiary/aromatic N) is 1. The van der Waals surface area contributed by atoms with E-state index >= 15 is 0 Å². The van der Waals surface area contributed by atoms with Crippen LogP contribution in [-0.4, -0.2) is 30.7 Å². The summed E-state index contributed by atoms with van der Waals surface area (Å²) in [5.41, 5.74) is 0. The van der Waals surface area contributed by atoms with Gasteiger partial charge >= 0.3 is 0 Å². The zero-order valence-corrected chi connectivity index (χ0v) is 10.4. The Hall–Kier alpha value is -0.0400. The second-order valence-corrected chi connectivity index (χ2v) is 4.75. The van der Waals surface area contributed by atoms with Gasteiger partial charge < -0.3 is 4.48 Å². The van der Waals surface area contributed by atoms with E-state index < -0.39 is 0 Å². The summed E-state index contributed by atoms with van der Waals surface area (Å²) in [7, 11) is 2.40. The van der Waals surface area contributed by atoms with E-state index in [0.29, 0.717) is 0 Å². The Kier molecular flexibility index (Phi) is 5.62. The van der Waals surface area contributed by atoms with Gasteiger partial charge in [0.05, 0.1) is 26.2 Å². The van der Waals surface area contributed by atoms with Crippen molar-refractivity contribution in [2.45, 2.75) is 53.5 Å². The largest absolute Gasteiger partial charge is 0.324 e. The summed E-state index contributed by atoms with van der Waals surface area (Å²) in [6, 6.07) is 0.805. The first-order valence-electron chi connectivity index (χ1n) is 5.84. The minimum atomic E-state index is 0.805. The topological polar surface area (TPSA) is 0 Å². The molecule has 1 heteroatoms. The van der Waals surface area contributed by atoms with Gasteiger partial charge in [0.1, 0.15) is 0 Å². The highest BCUT2D eigenvalue weighted by Crippen LogP contribution is 2.17. The zero-order chi connectivity index (χ0) is 10.5. The van der Waals surface area contributed by atoms with E-state index in [1.54, 1.807) is 0 Å². The Morgan fingerprint density at radius 1 is 1.00 bits per heavy atom. The third-order valence-corrected chi connectivity index (χ3v) is 3.80. The molecule has 0 saturated carbocycles. The van der Waals surface area contributed by atoms with Crippen LogP contribution in [-0.2, 0) is 0 Å². The summed E-state index contributed by atoms with van der Waals surface area (Å²) in [6.45, 7) is 14.3. The summed E-state index contributed by atoms with van der Waals surface area (Å²) < 4.78 is 1.24. The fourth-order valence-corrected chi connectivity index (χ4v) is 1.90. The van der Waals surface area contributed by atoms with Crippen LogP contribution in [0.3, 0.4) is 0 Å². The average molecular weight is 186 g/mol. The number of hydrogen-bond acceptors (Lipinski definition) is 0. The third-order valence-electron chi connectivity index (χ3n) is 3.80. The summed E-state index contributed by atoms with van der Waals surface area (Å²) in [5.74, 6) is 0.860. The van der Waals surface area contributed by atoms with Gasteiger partial charge in [0.2, 0.25) is 0 Å². The predicted molar refractivity (Wildman–Crippen MR) is 60.8 cm³/mol. The lowest BCUT2D eigenvalue weighted by Crippen LogP contribution is -2.52. The Balaban J connectivity index is 4.26. The SMILES string of the molecule is CCC(C)C[N+](C)(CC)C(C)CC. The van der Waals surface area contributed by atoms with Gasteiger partial charge in [-0.25, -0.2) is 0 Å². The summed E-state index contributed by atoms with van der Waals surface area (Å²) >= 11 is 0. The molecule has 0 aromatic rings. The average Bonchev–Trinajstić information content (AvgIpc) is 2.15. The van der Waals surface area contributed by atoms with Crippen molar-refractivity contribution in [1.29, 1.82) is 0 Å². The first-order valence-corrected chi connectivity index (χ1v) is 5.84. The lowest BCUT2D eigenvalue weighted by Gasteiger charge is -2.40. The van der Waals surface area contributed by atoms with Gasteiger partial charge in [0, 0.05) is 5.92 Å². The molecule has 0 spiro atoms. The van der Waals surface area contributed by atoms with Crippen LogP contribution in [0.2, 0.25) is 0 Å². The minimum Gasteiger partial charge on any atom is -0.324 e. The molecule has 0 aliphatic heterocycles. The highest BCUT2D eigenvalue weighted by molar-refractivity contribution is 4.54. The second-order valence-electron chi connectivity index (χ2n) is 4.75. The predicted octanol–water partition coefficient (Wildman–Crippen LogP) is 3.30. The maximum Gasteiger partial charge on any atom is 0.0857 e. The zero-order valence-electron chi connectivity index (χ0n) is 10.4. The van der Waals surface area contributed by atoms with Gasteiger partial charge in [-0.05, 0) is 26.7 Å². The van der Waals surface area contributed by atoms with Gasteiger partial charge in [0.15, 0.2) is 0 Å². The molecular formula is C12H28N+. The van der Waals surface area contributed by atoms with Crippen molar-refractivity contribution >= 4 is 0 Å². The smallest absolute Gasteiger partial charge is 0.0857 e. The maximum atomic E-state index is 2.40. The van der Waals surface area contributed by atoms with Crippen LogP contribution in [0, 0.1) is 5.92 Å². The fourth-order valence-electron chi connectivity index (χ4n) is 1.90. The van der Waals surface area contributed by atoms with Crippen LogP contribution in [0.5, 0.6) is 0 Å². The molecule has 0 rings (SSSR count). The van der Waals surface area contributed by atoms with Crippen molar-refractivity contribution in [3.05, 3.63) is 0 Å². The summed E-state index contributed by atoms with van der Waals surface area (Å²) in [5, 5.41) is 0. The van der Waals surface area contributed by atoms with Crippen LogP contribution < -0.4 is 0 Å². The van der Waals surface area contributed by atoms with Crippen LogP contribution in [0.15, 0.2) is 0 Å². The normalized spacial score (nSPS) is 20.8. The molecule has 0 heterocycles. The molecule has 0 aliphatic rings. The summed E-state index contributed by atoms with van der Waals surface area (Å²) in [4.78, 5) is 0. The summed E-state index contributed by atoms with van der Waals surface area (Å²) in [6.07, 6.45) is 2.60. The van der Waals surface area contributed by atoms with Gasteiger partial charge in [-0.15, -0.1) is 0 Å².